The third-order valence-electron chi connectivity index (χ3n) is 2.57. The maximum Gasteiger partial charge on any atom is 0.157 e. The van der Waals surface area contributed by atoms with E-state index in [1.54, 1.807) is 19.4 Å². The zero-order chi connectivity index (χ0) is 13.0. The van der Waals surface area contributed by atoms with Crippen LogP contribution < -0.4 is 9.47 Å². The minimum atomic E-state index is 0.402. The molecule has 2 aromatic rings. The Bertz CT molecular complexity index is 525. The molecule has 0 unspecified atom stereocenters. The summed E-state index contributed by atoms with van der Waals surface area (Å²) in [5.41, 5.74) is 0.911. The van der Waals surface area contributed by atoms with Gasteiger partial charge in [0.25, 0.3) is 0 Å². The normalized spacial score (nSPS) is 10.4. The molecule has 1 heterocycles. The molecule has 0 aliphatic heterocycles. The molecule has 4 nitrogen and oxygen atoms in total. The van der Waals surface area contributed by atoms with E-state index in [0.717, 1.165) is 23.6 Å². The van der Waals surface area contributed by atoms with Crippen LogP contribution in [0.2, 0.25) is 5.02 Å². The van der Waals surface area contributed by atoms with Crippen LogP contribution in [0.4, 0.5) is 0 Å². The maximum atomic E-state index is 5.95. The second-order valence-corrected chi connectivity index (χ2v) is 4.21. The van der Waals surface area contributed by atoms with Gasteiger partial charge in [0, 0.05) is 17.1 Å². The highest BCUT2D eigenvalue weighted by atomic mass is 35.5. The molecule has 0 fully saturated rings. The number of rotatable bonds is 5. The highest BCUT2D eigenvalue weighted by Gasteiger charge is 2.06. The lowest BCUT2D eigenvalue weighted by Gasteiger charge is -2.09. The van der Waals surface area contributed by atoms with Gasteiger partial charge in [-0.05, 0) is 25.1 Å². The molecule has 0 spiro atoms. The summed E-state index contributed by atoms with van der Waals surface area (Å²) in [6.45, 7) is 3.25. The van der Waals surface area contributed by atoms with E-state index in [4.69, 9.17) is 21.1 Å². The van der Waals surface area contributed by atoms with Gasteiger partial charge in [-0.3, -0.25) is 4.68 Å². The standard InChI is InChI=1S/C13H15ClN2O2/c1-3-16-8-12(7-15-16)18-9-10-6-11(14)4-5-13(10)17-2/h4-8H,3,9H2,1-2H3. The molecule has 1 aromatic carbocycles. The maximum absolute atomic E-state index is 5.95. The summed E-state index contributed by atoms with van der Waals surface area (Å²) in [4.78, 5) is 0. The number of nitrogens with zero attached hydrogens (tertiary/aromatic N) is 2. The van der Waals surface area contributed by atoms with E-state index in [-0.39, 0.29) is 0 Å². The zero-order valence-corrected chi connectivity index (χ0v) is 11.1. The van der Waals surface area contributed by atoms with Gasteiger partial charge in [0.1, 0.15) is 12.4 Å². The Morgan fingerprint density at radius 3 is 2.89 bits per heavy atom. The Balaban J connectivity index is 2.07. The number of halogens is 1. The average Bonchev–Trinajstić information content (AvgIpc) is 2.84. The number of hydrogen-bond acceptors (Lipinski definition) is 3. The molecular formula is C13H15ClN2O2. The molecule has 0 N–H and O–H groups in total. The van der Waals surface area contributed by atoms with Gasteiger partial charge in [-0.15, -0.1) is 0 Å². The number of benzene rings is 1. The molecule has 5 heteroatoms. The van der Waals surface area contributed by atoms with Gasteiger partial charge < -0.3 is 9.47 Å². The first-order valence-electron chi connectivity index (χ1n) is 5.70. The van der Waals surface area contributed by atoms with Crippen molar-refractivity contribution in [1.29, 1.82) is 0 Å². The van der Waals surface area contributed by atoms with Crippen LogP contribution in [-0.2, 0) is 13.2 Å². The summed E-state index contributed by atoms with van der Waals surface area (Å²) < 4.78 is 12.7. The predicted molar refractivity (Wildman–Crippen MR) is 70.2 cm³/mol. The van der Waals surface area contributed by atoms with Gasteiger partial charge in [0.2, 0.25) is 0 Å². The van der Waals surface area contributed by atoms with Gasteiger partial charge in [-0.2, -0.15) is 5.10 Å². The summed E-state index contributed by atoms with van der Waals surface area (Å²) in [6, 6.07) is 5.46. The lowest BCUT2D eigenvalue weighted by Crippen LogP contribution is -1.98. The minimum absolute atomic E-state index is 0.402. The van der Waals surface area contributed by atoms with Crippen LogP contribution in [0.1, 0.15) is 12.5 Å². The fourth-order valence-corrected chi connectivity index (χ4v) is 1.81. The smallest absolute Gasteiger partial charge is 0.157 e. The van der Waals surface area contributed by atoms with Crippen molar-refractivity contribution in [3.63, 3.8) is 0 Å². The molecule has 1 aromatic heterocycles. The first-order valence-corrected chi connectivity index (χ1v) is 6.08. The van der Waals surface area contributed by atoms with Crippen molar-refractivity contribution in [2.24, 2.45) is 0 Å². The fourth-order valence-electron chi connectivity index (χ4n) is 1.61. The van der Waals surface area contributed by atoms with Crippen LogP contribution in [0.25, 0.3) is 0 Å². The first-order chi connectivity index (χ1) is 8.72. The fraction of sp³-hybridized carbons (Fsp3) is 0.308. The number of methoxy groups -OCH3 is 1. The number of hydrogen-bond donors (Lipinski definition) is 0. The largest absolute Gasteiger partial charge is 0.496 e. The Morgan fingerprint density at radius 1 is 1.39 bits per heavy atom. The molecule has 0 saturated heterocycles. The molecule has 0 aliphatic rings. The molecule has 0 amide bonds. The lowest BCUT2D eigenvalue weighted by molar-refractivity contribution is 0.296. The molecule has 0 bridgehead atoms. The Kier molecular flexibility index (Phi) is 4.10. The molecular weight excluding hydrogens is 252 g/mol. The highest BCUT2D eigenvalue weighted by Crippen LogP contribution is 2.24. The molecule has 96 valence electrons. The average molecular weight is 267 g/mol. The molecule has 0 aliphatic carbocycles. The van der Waals surface area contributed by atoms with E-state index in [0.29, 0.717) is 11.6 Å². The number of aromatic nitrogens is 2. The van der Waals surface area contributed by atoms with Crippen molar-refractivity contribution >= 4 is 11.6 Å². The van der Waals surface area contributed by atoms with Crippen molar-refractivity contribution in [2.45, 2.75) is 20.1 Å². The Labute approximate surface area is 111 Å². The van der Waals surface area contributed by atoms with Crippen LogP contribution in [-0.4, -0.2) is 16.9 Å². The molecule has 0 atom stereocenters. The molecule has 18 heavy (non-hydrogen) atoms. The van der Waals surface area contributed by atoms with E-state index < -0.39 is 0 Å². The van der Waals surface area contributed by atoms with E-state index in [1.807, 2.05) is 29.9 Å². The van der Waals surface area contributed by atoms with Crippen molar-refractivity contribution < 1.29 is 9.47 Å². The van der Waals surface area contributed by atoms with E-state index in [9.17, 15) is 0 Å². The van der Waals surface area contributed by atoms with Crippen LogP contribution in [0, 0.1) is 0 Å². The summed E-state index contributed by atoms with van der Waals surface area (Å²) in [5, 5.41) is 4.81. The predicted octanol–water partition coefficient (Wildman–Crippen LogP) is 3.14. The third-order valence-corrected chi connectivity index (χ3v) is 2.81. The number of ether oxygens (including phenoxy) is 2. The molecule has 0 saturated carbocycles. The lowest BCUT2D eigenvalue weighted by atomic mass is 10.2. The van der Waals surface area contributed by atoms with Crippen molar-refractivity contribution in [3.8, 4) is 11.5 Å². The van der Waals surface area contributed by atoms with Crippen LogP contribution >= 0.6 is 11.6 Å². The monoisotopic (exact) mass is 266 g/mol. The van der Waals surface area contributed by atoms with Gasteiger partial charge in [-0.25, -0.2) is 0 Å². The second-order valence-electron chi connectivity index (χ2n) is 3.78. The van der Waals surface area contributed by atoms with Gasteiger partial charge in [-0.1, -0.05) is 11.6 Å². The zero-order valence-electron chi connectivity index (χ0n) is 10.4. The second kappa shape index (κ2) is 5.78. The van der Waals surface area contributed by atoms with Crippen molar-refractivity contribution in [3.05, 3.63) is 41.2 Å². The molecule has 2 rings (SSSR count). The summed E-state index contributed by atoms with van der Waals surface area (Å²) >= 11 is 5.95. The van der Waals surface area contributed by atoms with Crippen LogP contribution in [0.5, 0.6) is 11.5 Å². The minimum Gasteiger partial charge on any atom is -0.496 e. The molecule has 0 radical (unpaired) electrons. The van der Waals surface area contributed by atoms with Crippen molar-refractivity contribution in [2.75, 3.05) is 7.11 Å². The SMILES string of the molecule is CCn1cc(OCc2cc(Cl)ccc2OC)cn1. The van der Waals surface area contributed by atoms with Crippen LogP contribution in [0.15, 0.2) is 30.6 Å². The third kappa shape index (κ3) is 2.96. The highest BCUT2D eigenvalue weighted by molar-refractivity contribution is 6.30. The Hall–Kier alpha value is -1.68. The van der Waals surface area contributed by atoms with E-state index in [1.165, 1.54) is 0 Å². The van der Waals surface area contributed by atoms with Crippen LogP contribution in [0.3, 0.4) is 0 Å². The van der Waals surface area contributed by atoms with Gasteiger partial charge in [0.15, 0.2) is 5.75 Å². The van der Waals surface area contributed by atoms with Crippen molar-refractivity contribution in [1.82, 2.24) is 9.78 Å². The topological polar surface area (TPSA) is 36.3 Å². The van der Waals surface area contributed by atoms with E-state index >= 15 is 0 Å². The summed E-state index contributed by atoms with van der Waals surface area (Å²) in [6.07, 6.45) is 3.55. The summed E-state index contributed by atoms with van der Waals surface area (Å²) in [7, 11) is 1.63. The quantitative estimate of drug-likeness (QED) is 0.834. The first kappa shape index (κ1) is 12.8. The number of aryl methyl sites for hydroxylation is 1. The van der Waals surface area contributed by atoms with E-state index in [2.05, 4.69) is 5.10 Å². The summed E-state index contributed by atoms with van der Waals surface area (Å²) in [5.74, 6) is 1.50. The Morgan fingerprint density at radius 2 is 2.22 bits per heavy atom. The van der Waals surface area contributed by atoms with Gasteiger partial charge in [0.05, 0.1) is 19.5 Å². The van der Waals surface area contributed by atoms with Gasteiger partial charge >= 0.3 is 0 Å².